The maximum Gasteiger partial charge on any atom is 0.304 e. The normalized spacial score (nSPS) is 28.4. The van der Waals surface area contributed by atoms with Crippen LogP contribution in [-0.4, -0.2) is 90.8 Å². The summed E-state index contributed by atoms with van der Waals surface area (Å²) in [5, 5.41) is 1.10. The molecule has 1 N–H and O–H groups in total. The number of aromatic nitrogens is 1. The van der Waals surface area contributed by atoms with E-state index in [1.165, 1.54) is 34.7 Å². The molecule has 2 unspecified atom stereocenters. The summed E-state index contributed by atoms with van der Waals surface area (Å²) in [4.78, 5) is 33.1. The number of nitrogens with one attached hydrogen (secondary N) is 1. The van der Waals surface area contributed by atoms with Crippen LogP contribution in [0.15, 0.2) is 36.4 Å². The first kappa shape index (κ1) is 30.6. The van der Waals surface area contributed by atoms with Crippen molar-refractivity contribution in [1.82, 2.24) is 23.4 Å². The highest BCUT2D eigenvalue weighted by molar-refractivity contribution is 7.87. The van der Waals surface area contributed by atoms with Gasteiger partial charge in [-0.25, -0.2) is 4.72 Å². The molecule has 9 rings (SSSR count). The number of fused-ring (bicyclic) bond motifs is 9. The minimum Gasteiger partial charge on any atom is -0.497 e. The molecule has 11 heteroatoms. The molecule has 0 spiro atoms. The van der Waals surface area contributed by atoms with Gasteiger partial charge in [-0.2, -0.15) is 12.7 Å². The van der Waals surface area contributed by atoms with Gasteiger partial charge >= 0.3 is 10.2 Å². The number of likely N-dealkylation sites (N-methyl/N-ethyl adjacent to an activating group) is 1. The molecule has 4 aliphatic heterocycles. The molecule has 4 atom stereocenters. The van der Waals surface area contributed by atoms with Gasteiger partial charge in [-0.1, -0.05) is 32.3 Å². The monoisotopic (exact) mass is 671 g/mol. The van der Waals surface area contributed by atoms with Gasteiger partial charge in [0.25, 0.3) is 5.91 Å². The lowest BCUT2D eigenvalue weighted by Gasteiger charge is -2.36. The quantitative estimate of drug-likeness (QED) is 0.386. The third-order valence-electron chi connectivity index (χ3n) is 12.6. The summed E-state index contributed by atoms with van der Waals surface area (Å²) in [7, 11) is -2.19. The van der Waals surface area contributed by atoms with Crippen LogP contribution in [-0.2, 0) is 21.5 Å². The van der Waals surface area contributed by atoms with Gasteiger partial charge in [0.15, 0.2) is 0 Å². The fraction of sp³-hybridized carbons (Fsp3) is 0.568. The van der Waals surface area contributed by atoms with E-state index in [2.05, 4.69) is 38.1 Å². The van der Waals surface area contributed by atoms with Gasteiger partial charge < -0.3 is 14.2 Å². The predicted molar refractivity (Wildman–Crippen MR) is 183 cm³/mol. The molecule has 2 aromatic carbocycles. The van der Waals surface area contributed by atoms with Crippen molar-refractivity contribution in [2.24, 2.45) is 5.41 Å². The van der Waals surface area contributed by atoms with E-state index in [1.807, 2.05) is 18.2 Å². The van der Waals surface area contributed by atoms with Crippen molar-refractivity contribution in [1.29, 1.82) is 0 Å². The first-order valence-electron chi connectivity index (χ1n) is 17.9. The Morgan fingerprint density at radius 2 is 1.81 bits per heavy atom. The number of rotatable bonds is 7. The molecular formula is C37H45N5O5S. The van der Waals surface area contributed by atoms with Gasteiger partial charge in [0.2, 0.25) is 5.91 Å². The zero-order valence-electron chi connectivity index (χ0n) is 27.9. The molecule has 3 aromatic rings. The van der Waals surface area contributed by atoms with E-state index >= 15 is 0 Å². The summed E-state index contributed by atoms with van der Waals surface area (Å²) in [5.41, 5.74) is 5.42. The largest absolute Gasteiger partial charge is 0.497 e. The number of carbonyl (C=O) groups is 2. The molecule has 6 aliphatic rings. The van der Waals surface area contributed by atoms with Gasteiger partial charge in [-0.15, -0.1) is 0 Å². The summed E-state index contributed by atoms with van der Waals surface area (Å²) < 4.78 is 37.4. The topological polar surface area (TPSA) is 104 Å². The van der Waals surface area contributed by atoms with Crippen LogP contribution in [0.5, 0.6) is 5.75 Å². The molecule has 0 radical (unpaired) electrons. The van der Waals surface area contributed by atoms with Crippen LogP contribution >= 0.6 is 0 Å². The van der Waals surface area contributed by atoms with Crippen LogP contribution in [0.3, 0.4) is 0 Å². The summed E-state index contributed by atoms with van der Waals surface area (Å²) in [6, 6.07) is 12.7. The van der Waals surface area contributed by atoms with E-state index in [4.69, 9.17) is 4.74 Å². The minimum atomic E-state index is -3.89. The maximum absolute atomic E-state index is 14.9. The number of benzene rings is 2. The standard InChI is InChI=1S/C37H45N5O5S/c1-3-39-20-26-17-25(39)21-41(26)36(44)37-19-31(37)30-18-27(47-2)11-13-28(30)34-33(23-8-5-4-6-9-23)29-12-10-24(16-32(29)42(34)22-37)35(43)38-48(45,46)40-14-7-15-40/h10-13,16,18,23,25-26,31H,3-9,14-15,17,19-22H2,1-2H3,(H,38,43)/t25-,26-,31?,37?/m0/s1. The minimum absolute atomic E-state index is 0.0822. The van der Waals surface area contributed by atoms with E-state index in [0.29, 0.717) is 37.2 Å². The highest BCUT2D eigenvalue weighted by Crippen LogP contribution is 2.66. The smallest absolute Gasteiger partial charge is 0.304 e. The molecule has 2 amide bonds. The summed E-state index contributed by atoms with van der Waals surface area (Å²) in [6.45, 7) is 6.34. The van der Waals surface area contributed by atoms with E-state index in [0.717, 1.165) is 79.6 Å². The van der Waals surface area contributed by atoms with Crippen molar-refractivity contribution in [2.45, 2.75) is 88.8 Å². The number of hydrogen-bond acceptors (Lipinski definition) is 6. The second-order valence-electron chi connectivity index (χ2n) is 15.1. The maximum atomic E-state index is 14.9. The Morgan fingerprint density at radius 3 is 2.50 bits per heavy atom. The number of methoxy groups -OCH3 is 1. The van der Waals surface area contributed by atoms with Crippen LogP contribution in [0.1, 0.15) is 91.6 Å². The number of ether oxygens (including phenoxy) is 1. The number of likely N-dealkylation sites (tertiary alicyclic amines) is 2. The fourth-order valence-electron chi connectivity index (χ4n) is 9.86. The third-order valence-corrected chi connectivity index (χ3v) is 14.1. The second kappa shape index (κ2) is 11.1. The molecular weight excluding hydrogens is 627 g/mol. The molecule has 2 bridgehead atoms. The molecule has 2 saturated carbocycles. The van der Waals surface area contributed by atoms with Crippen LogP contribution in [0.2, 0.25) is 0 Å². The van der Waals surface area contributed by atoms with E-state index in [1.54, 1.807) is 13.2 Å². The lowest BCUT2D eigenvalue weighted by molar-refractivity contribution is -0.140. The summed E-state index contributed by atoms with van der Waals surface area (Å²) >= 11 is 0. The van der Waals surface area contributed by atoms with Crippen molar-refractivity contribution < 1.29 is 22.7 Å². The van der Waals surface area contributed by atoms with Gasteiger partial charge in [0.1, 0.15) is 5.75 Å². The van der Waals surface area contributed by atoms with Crippen molar-refractivity contribution >= 4 is 32.9 Å². The number of nitrogens with zero attached hydrogens (tertiary/aromatic N) is 4. The first-order valence-corrected chi connectivity index (χ1v) is 19.4. The van der Waals surface area contributed by atoms with Gasteiger partial charge in [0.05, 0.1) is 18.2 Å². The van der Waals surface area contributed by atoms with Crippen molar-refractivity contribution in [3.05, 3.63) is 53.1 Å². The molecule has 10 nitrogen and oxygen atoms in total. The van der Waals surface area contributed by atoms with E-state index < -0.39 is 21.5 Å². The Hall–Kier alpha value is -3.41. The number of piperazine rings is 1. The average molecular weight is 672 g/mol. The Bertz CT molecular complexity index is 1950. The summed E-state index contributed by atoms with van der Waals surface area (Å²) in [6.07, 6.45) is 8.43. The summed E-state index contributed by atoms with van der Waals surface area (Å²) in [5.74, 6) is 0.883. The van der Waals surface area contributed by atoms with Crippen LogP contribution < -0.4 is 9.46 Å². The van der Waals surface area contributed by atoms with E-state index in [-0.39, 0.29) is 17.9 Å². The Labute approximate surface area is 282 Å². The number of carbonyl (C=O) groups excluding carboxylic acids is 2. The lowest BCUT2D eigenvalue weighted by Crippen LogP contribution is -2.51. The number of amides is 2. The number of hydrogen-bond donors (Lipinski definition) is 1. The molecule has 48 heavy (non-hydrogen) atoms. The van der Waals surface area contributed by atoms with E-state index in [9.17, 15) is 18.0 Å². The van der Waals surface area contributed by atoms with Crippen LogP contribution in [0.25, 0.3) is 22.2 Å². The van der Waals surface area contributed by atoms with Crippen LogP contribution in [0, 0.1) is 5.41 Å². The predicted octanol–water partition coefficient (Wildman–Crippen LogP) is 4.84. The Balaban J connectivity index is 1.20. The highest BCUT2D eigenvalue weighted by Gasteiger charge is 2.65. The van der Waals surface area contributed by atoms with Crippen molar-refractivity contribution in [3.63, 3.8) is 0 Å². The molecule has 3 saturated heterocycles. The second-order valence-corrected chi connectivity index (χ2v) is 16.7. The molecule has 5 heterocycles. The third kappa shape index (κ3) is 4.53. The molecule has 5 fully saturated rings. The zero-order chi connectivity index (χ0) is 32.9. The molecule has 1 aromatic heterocycles. The van der Waals surface area contributed by atoms with Gasteiger partial charge in [-0.05, 0) is 86.0 Å². The Morgan fingerprint density at radius 1 is 1.00 bits per heavy atom. The van der Waals surface area contributed by atoms with Gasteiger partial charge in [0, 0.05) is 72.8 Å². The highest BCUT2D eigenvalue weighted by atomic mass is 32.2. The Kier molecular flexibility index (Phi) is 7.05. The molecule has 254 valence electrons. The first-order chi connectivity index (χ1) is 23.2. The zero-order valence-corrected chi connectivity index (χ0v) is 28.7. The van der Waals surface area contributed by atoms with Crippen molar-refractivity contribution in [3.8, 4) is 17.0 Å². The van der Waals surface area contributed by atoms with Crippen LogP contribution in [0.4, 0.5) is 0 Å². The fourth-order valence-corrected chi connectivity index (χ4v) is 11.1. The van der Waals surface area contributed by atoms with Crippen molar-refractivity contribution in [2.75, 3.05) is 39.8 Å². The van der Waals surface area contributed by atoms with Gasteiger partial charge in [-0.3, -0.25) is 14.5 Å². The SMILES string of the molecule is CCN1C[C@@H]2C[C@H]1CN2C(=O)C12CC1c1cc(OC)ccc1-c1c(C3CCCCC3)c3ccc(C(=O)NS(=O)(=O)N4CCC4)cc3n1C2. The lowest BCUT2D eigenvalue weighted by atomic mass is 9.81. The molecule has 2 aliphatic carbocycles. The average Bonchev–Trinajstić information content (AvgIpc) is 3.30.